The van der Waals surface area contributed by atoms with Crippen molar-refractivity contribution in [3.63, 3.8) is 0 Å². The van der Waals surface area contributed by atoms with E-state index in [1.54, 1.807) is 18.5 Å². The van der Waals surface area contributed by atoms with Gasteiger partial charge in [0.15, 0.2) is 16.9 Å². The number of pyridine rings is 1. The number of aryl methyl sites for hydroxylation is 1. The van der Waals surface area contributed by atoms with Crippen molar-refractivity contribution in [2.45, 2.75) is 6.92 Å². The summed E-state index contributed by atoms with van der Waals surface area (Å²) in [5.41, 5.74) is 2.93. The third-order valence-electron chi connectivity index (χ3n) is 4.33. The van der Waals surface area contributed by atoms with Crippen molar-refractivity contribution >= 4 is 33.7 Å². The zero-order valence-corrected chi connectivity index (χ0v) is 14.8. The highest BCUT2D eigenvalue weighted by molar-refractivity contribution is 6.35. The Balaban J connectivity index is 1.88. The lowest BCUT2D eigenvalue weighted by atomic mass is 10.1. The first kappa shape index (κ1) is 15.8. The molecule has 2 N–H and O–H groups in total. The molecule has 5 aromatic rings. The standard InChI is InChI=1S/C19H12ClN5O2/c1-9-2-3-14(27-9)18-16(23-17-13(26)4-5-21-19(17)24-18)10-6-11-8-22-25-15(11)12(20)7-10/h2-8H,1H3,(H,22,25)(H,21,24,26). The van der Waals surface area contributed by atoms with Crippen LogP contribution in [-0.2, 0) is 0 Å². The molecule has 0 amide bonds. The molecule has 132 valence electrons. The Hall–Kier alpha value is -3.45. The monoisotopic (exact) mass is 377 g/mol. The van der Waals surface area contributed by atoms with Gasteiger partial charge in [0.1, 0.15) is 17.1 Å². The van der Waals surface area contributed by atoms with Gasteiger partial charge >= 0.3 is 0 Å². The van der Waals surface area contributed by atoms with Gasteiger partial charge in [-0.2, -0.15) is 5.10 Å². The molecule has 27 heavy (non-hydrogen) atoms. The Morgan fingerprint density at radius 2 is 2.00 bits per heavy atom. The second-order valence-corrected chi connectivity index (χ2v) is 6.57. The van der Waals surface area contributed by atoms with Gasteiger partial charge in [-0.3, -0.25) is 9.89 Å². The topological polar surface area (TPSA) is 100 Å². The third kappa shape index (κ3) is 2.51. The van der Waals surface area contributed by atoms with Crippen LogP contribution in [0.2, 0.25) is 5.02 Å². The van der Waals surface area contributed by atoms with E-state index < -0.39 is 0 Å². The molecular formula is C19H12ClN5O2. The summed E-state index contributed by atoms with van der Waals surface area (Å²) < 4.78 is 5.77. The zero-order valence-electron chi connectivity index (χ0n) is 14.1. The van der Waals surface area contributed by atoms with Crippen molar-refractivity contribution < 1.29 is 4.42 Å². The van der Waals surface area contributed by atoms with Gasteiger partial charge in [0.25, 0.3) is 0 Å². The molecule has 0 spiro atoms. The number of hydrogen-bond donors (Lipinski definition) is 2. The van der Waals surface area contributed by atoms with Crippen molar-refractivity contribution in [2.24, 2.45) is 0 Å². The summed E-state index contributed by atoms with van der Waals surface area (Å²) in [6.07, 6.45) is 3.23. The van der Waals surface area contributed by atoms with Gasteiger partial charge in [-0.15, -0.1) is 0 Å². The summed E-state index contributed by atoms with van der Waals surface area (Å²) in [6, 6.07) is 8.77. The van der Waals surface area contributed by atoms with Crippen LogP contribution in [0.15, 0.2) is 51.9 Å². The molecule has 5 rings (SSSR count). The zero-order chi connectivity index (χ0) is 18.5. The van der Waals surface area contributed by atoms with E-state index in [-0.39, 0.29) is 10.9 Å². The van der Waals surface area contributed by atoms with Crippen LogP contribution in [0.25, 0.3) is 44.8 Å². The van der Waals surface area contributed by atoms with E-state index in [1.807, 2.05) is 25.1 Å². The summed E-state index contributed by atoms with van der Waals surface area (Å²) in [5.74, 6) is 1.31. The quantitative estimate of drug-likeness (QED) is 0.482. The summed E-state index contributed by atoms with van der Waals surface area (Å²) in [7, 11) is 0. The van der Waals surface area contributed by atoms with E-state index in [1.165, 1.54) is 6.07 Å². The van der Waals surface area contributed by atoms with Crippen LogP contribution in [0.3, 0.4) is 0 Å². The van der Waals surface area contributed by atoms with Crippen LogP contribution in [-0.4, -0.2) is 25.1 Å². The number of nitrogens with one attached hydrogen (secondary N) is 2. The molecule has 4 aromatic heterocycles. The smallest absolute Gasteiger partial charge is 0.209 e. The SMILES string of the molecule is Cc1ccc(-c2nc3[nH]ccc(=O)c3nc2-c2cc(Cl)c3[nH]ncc3c2)o1. The molecule has 0 saturated carbocycles. The van der Waals surface area contributed by atoms with Crippen LogP contribution >= 0.6 is 11.6 Å². The molecule has 4 heterocycles. The lowest BCUT2D eigenvalue weighted by molar-refractivity contribution is 0.546. The van der Waals surface area contributed by atoms with E-state index in [2.05, 4.69) is 25.1 Å². The molecule has 0 bridgehead atoms. The fourth-order valence-electron chi connectivity index (χ4n) is 3.07. The van der Waals surface area contributed by atoms with Gasteiger partial charge in [-0.05, 0) is 31.2 Å². The Morgan fingerprint density at radius 1 is 1.11 bits per heavy atom. The van der Waals surface area contributed by atoms with Crippen LogP contribution in [0.1, 0.15) is 5.76 Å². The maximum Gasteiger partial charge on any atom is 0.209 e. The van der Waals surface area contributed by atoms with Gasteiger partial charge in [0.2, 0.25) is 5.43 Å². The van der Waals surface area contributed by atoms with Crippen molar-refractivity contribution in [1.29, 1.82) is 0 Å². The number of fused-ring (bicyclic) bond motifs is 2. The van der Waals surface area contributed by atoms with Gasteiger partial charge in [0.05, 0.1) is 16.7 Å². The molecule has 0 aliphatic heterocycles. The molecule has 1 aromatic carbocycles. The summed E-state index contributed by atoms with van der Waals surface area (Å²) in [6.45, 7) is 1.86. The van der Waals surface area contributed by atoms with Crippen LogP contribution in [0.4, 0.5) is 0 Å². The molecule has 0 radical (unpaired) electrons. The summed E-state index contributed by atoms with van der Waals surface area (Å²) in [4.78, 5) is 24.5. The molecule has 0 saturated heterocycles. The predicted octanol–water partition coefficient (Wildman–Crippen LogP) is 4.08. The molecule has 0 fully saturated rings. The lowest BCUT2D eigenvalue weighted by Gasteiger charge is -2.09. The van der Waals surface area contributed by atoms with E-state index in [0.29, 0.717) is 27.8 Å². The molecule has 0 unspecified atom stereocenters. The maximum absolute atomic E-state index is 12.3. The van der Waals surface area contributed by atoms with Crippen LogP contribution in [0, 0.1) is 6.92 Å². The van der Waals surface area contributed by atoms with Crippen molar-refractivity contribution in [3.05, 3.63) is 63.7 Å². The molecule has 0 aliphatic rings. The van der Waals surface area contributed by atoms with E-state index in [0.717, 1.165) is 22.2 Å². The molecule has 0 aliphatic carbocycles. The van der Waals surface area contributed by atoms with E-state index in [4.69, 9.17) is 16.0 Å². The lowest BCUT2D eigenvalue weighted by Crippen LogP contribution is -2.06. The highest BCUT2D eigenvalue weighted by Gasteiger charge is 2.18. The number of aromatic amines is 2. The minimum atomic E-state index is -0.213. The van der Waals surface area contributed by atoms with E-state index in [9.17, 15) is 4.79 Å². The fraction of sp³-hybridized carbons (Fsp3) is 0.0526. The minimum Gasteiger partial charge on any atom is -0.460 e. The number of benzene rings is 1. The van der Waals surface area contributed by atoms with Crippen molar-refractivity contribution in [2.75, 3.05) is 0 Å². The molecule has 8 heteroatoms. The van der Waals surface area contributed by atoms with Crippen LogP contribution < -0.4 is 5.43 Å². The third-order valence-corrected chi connectivity index (χ3v) is 4.63. The van der Waals surface area contributed by atoms with Gasteiger partial charge < -0.3 is 9.40 Å². The second-order valence-electron chi connectivity index (χ2n) is 6.16. The number of halogens is 1. The fourth-order valence-corrected chi connectivity index (χ4v) is 3.34. The molecule has 0 atom stereocenters. The summed E-state index contributed by atoms with van der Waals surface area (Å²) in [5, 5.41) is 8.23. The Labute approximate surface area is 157 Å². The van der Waals surface area contributed by atoms with Gasteiger partial charge in [-0.25, -0.2) is 9.97 Å². The van der Waals surface area contributed by atoms with Gasteiger partial charge in [0, 0.05) is 23.2 Å². The number of rotatable bonds is 2. The highest BCUT2D eigenvalue weighted by Crippen LogP contribution is 2.34. The molecule has 7 nitrogen and oxygen atoms in total. The number of H-pyrrole nitrogens is 2. The number of furan rings is 1. The van der Waals surface area contributed by atoms with Crippen molar-refractivity contribution in [1.82, 2.24) is 25.1 Å². The Morgan fingerprint density at radius 3 is 2.81 bits per heavy atom. The minimum absolute atomic E-state index is 0.213. The molecular weight excluding hydrogens is 366 g/mol. The Bertz CT molecular complexity index is 1380. The number of aromatic nitrogens is 5. The average molecular weight is 378 g/mol. The Kier molecular flexibility index (Phi) is 3.38. The average Bonchev–Trinajstić information content (AvgIpc) is 3.30. The summed E-state index contributed by atoms with van der Waals surface area (Å²) >= 11 is 6.39. The normalized spacial score (nSPS) is 11.5. The van der Waals surface area contributed by atoms with Crippen LogP contribution in [0.5, 0.6) is 0 Å². The first-order valence-corrected chi connectivity index (χ1v) is 8.57. The number of nitrogens with zero attached hydrogens (tertiary/aromatic N) is 3. The second kappa shape index (κ2) is 5.78. The maximum atomic E-state index is 12.3. The number of hydrogen-bond acceptors (Lipinski definition) is 5. The first-order chi connectivity index (χ1) is 13.1. The first-order valence-electron chi connectivity index (χ1n) is 8.19. The highest BCUT2D eigenvalue weighted by atomic mass is 35.5. The predicted molar refractivity (Wildman–Crippen MR) is 103 cm³/mol. The van der Waals surface area contributed by atoms with Gasteiger partial charge in [-0.1, -0.05) is 11.6 Å². The largest absolute Gasteiger partial charge is 0.460 e. The van der Waals surface area contributed by atoms with Crippen molar-refractivity contribution in [3.8, 4) is 22.7 Å². The van der Waals surface area contributed by atoms with E-state index >= 15 is 0 Å².